The van der Waals surface area contributed by atoms with Crippen molar-refractivity contribution in [3.8, 4) is 5.75 Å². The van der Waals surface area contributed by atoms with Gasteiger partial charge < -0.3 is 20.7 Å². The van der Waals surface area contributed by atoms with E-state index in [4.69, 9.17) is 5.73 Å². The van der Waals surface area contributed by atoms with Gasteiger partial charge in [0, 0.05) is 24.0 Å². The lowest BCUT2D eigenvalue weighted by atomic mass is 9.99. The number of nitrogens with two attached hydrogens (primary N) is 1. The predicted molar refractivity (Wildman–Crippen MR) is 92.2 cm³/mol. The van der Waals surface area contributed by atoms with E-state index in [1.54, 1.807) is 0 Å². The molecule has 23 heavy (non-hydrogen) atoms. The van der Waals surface area contributed by atoms with Crippen molar-refractivity contribution in [2.45, 2.75) is 19.8 Å². The Morgan fingerprint density at radius 3 is 2.65 bits per heavy atom. The smallest absolute Gasteiger partial charge is 0.251 e. The lowest BCUT2D eigenvalue weighted by Gasteiger charge is -2.23. The average Bonchev–Trinajstić information content (AvgIpc) is 3.13. The van der Waals surface area contributed by atoms with Crippen LogP contribution in [0.25, 0.3) is 21.8 Å². The van der Waals surface area contributed by atoms with Gasteiger partial charge in [-0.2, -0.15) is 0 Å². The van der Waals surface area contributed by atoms with E-state index < -0.39 is 5.91 Å². The Hall–Kier alpha value is -2.69. The van der Waals surface area contributed by atoms with E-state index in [-0.39, 0.29) is 5.75 Å². The van der Waals surface area contributed by atoms with E-state index in [0.717, 1.165) is 48.1 Å². The molecular weight excluding hydrogens is 290 g/mol. The molecule has 4 N–H and O–H groups in total. The summed E-state index contributed by atoms with van der Waals surface area (Å²) in [6, 6.07) is 7.73. The number of para-hydroxylation sites is 1. The minimum atomic E-state index is -0.473. The molecule has 1 aromatic heterocycles. The van der Waals surface area contributed by atoms with Crippen molar-refractivity contribution < 1.29 is 9.90 Å². The molecule has 1 saturated heterocycles. The van der Waals surface area contributed by atoms with Gasteiger partial charge in [0.1, 0.15) is 5.75 Å². The van der Waals surface area contributed by atoms with E-state index >= 15 is 0 Å². The number of nitrogens with one attached hydrogen (secondary N) is 1. The SMILES string of the molecule is Cc1c(N2CCCC2)c(O)c2c([nH]c3ccccc32)c1C(N)=O. The molecule has 1 aliphatic heterocycles. The highest BCUT2D eigenvalue weighted by molar-refractivity contribution is 6.20. The third-order valence-electron chi connectivity index (χ3n) is 4.82. The van der Waals surface area contributed by atoms with Gasteiger partial charge in [-0.25, -0.2) is 0 Å². The summed E-state index contributed by atoms with van der Waals surface area (Å²) in [5.41, 5.74) is 9.13. The molecule has 1 fully saturated rings. The molecule has 0 saturated carbocycles. The Morgan fingerprint density at radius 1 is 1.26 bits per heavy atom. The highest BCUT2D eigenvalue weighted by Gasteiger charge is 2.27. The zero-order chi connectivity index (χ0) is 16.1. The Kier molecular flexibility index (Phi) is 2.98. The average molecular weight is 309 g/mol. The van der Waals surface area contributed by atoms with Crippen LogP contribution in [0.4, 0.5) is 5.69 Å². The molecule has 118 valence electrons. The number of benzene rings is 2. The van der Waals surface area contributed by atoms with Gasteiger partial charge in [-0.1, -0.05) is 18.2 Å². The lowest BCUT2D eigenvalue weighted by molar-refractivity contribution is 0.100. The maximum atomic E-state index is 12.1. The van der Waals surface area contributed by atoms with Gasteiger partial charge in [-0.3, -0.25) is 4.79 Å². The summed E-state index contributed by atoms with van der Waals surface area (Å²) in [6.45, 7) is 3.64. The summed E-state index contributed by atoms with van der Waals surface area (Å²) in [6.07, 6.45) is 2.19. The van der Waals surface area contributed by atoms with Crippen molar-refractivity contribution in [3.05, 3.63) is 35.4 Å². The molecular formula is C18H19N3O2. The third kappa shape index (κ3) is 1.89. The molecule has 0 bridgehead atoms. The molecule has 3 aromatic rings. The lowest BCUT2D eigenvalue weighted by Crippen LogP contribution is -2.21. The van der Waals surface area contributed by atoms with Crippen LogP contribution in [0.15, 0.2) is 24.3 Å². The van der Waals surface area contributed by atoms with Crippen LogP contribution >= 0.6 is 0 Å². The van der Waals surface area contributed by atoms with Crippen LogP contribution in [0, 0.1) is 6.92 Å². The first kappa shape index (κ1) is 13.9. The summed E-state index contributed by atoms with van der Waals surface area (Å²) in [5.74, 6) is -0.235. The number of anilines is 1. The molecule has 0 aliphatic carbocycles. The molecule has 5 nitrogen and oxygen atoms in total. The van der Waals surface area contributed by atoms with E-state index in [0.29, 0.717) is 16.5 Å². The van der Waals surface area contributed by atoms with Crippen LogP contribution in [-0.4, -0.2) is 29.1 Å². The molecule has 0 unspecified atom stereocenters. The second kappa shape index (κ2) is 4.91. The fraction of sp³-hybridized carbons (Fsp3) is 0.278. The van der Waals surface area contributed by atoms with Crippen molar-refractivity contribution in [2.75, 3.05) is 18.0 Å². The highest BCUT2D eigenvalue weighted by Crippen LogP contribution is 2.45. The van der Waals surface area contributed by atoms with Crippen molar-refractivity contribution in [1.29, 1.82) is 0 Å². The van der Waals surface area contributed by atoms with Crippen LogP contribution in [0.2, 0.25) is 0 Å². The number of rotatable bonds is 2. The first-order valence-corrected chi connectivity index (χ1v) is 7.90. The van der Waals surface area contributed by atoms with Crippen LogP contribution in [0.5, 0.6) is 5.75 Å². The van der Waals surface area contributed by atoms with Crippen molar-refractivity contribution in [1.82, 2.24) is 4.98 Å². The highest BCUT2D eigenvalue weighted by atomic mass is 16.3. The normalized spacial score (nSPS) is 14.9. The van der Waals surface area contributed by atoms with Crippen LogP contribution in [0.1, 0.15) is 28.8 Å². The number of aromatic nitrogens is 1. The largest absolute Gasteiger partial charge is 0.505 e. The number of hydrogen-bond acceptors (Lipinski definition) is 3. The van der Waals surface area contributed by atoms with Crippen LogP contribution in [-0.2, 0) is 0 Å². The van der Waals surface area contributed by atoms with Crippen LogP contribution < -0.4 is 10.6 Å². The number of fused-ring (bicyclic) bond motifs is 3. The molecule has 5 heteroatoms. The number of H-pyrrole nitrogens is 1. The number of carbonyl (C=O) groups excluding carboxylic acids is 1. The molecule has 2 aromatic carbocycles. The van der Waals surface area contributed by atoms with E-state index in [2.05, 4.69) is 9.88 Å². The van der Waals surface area contributed by atoms with Gasteiger partial charge in [0.2, 0.25) is 0 Å². The quantitative estimate of drug-likeness (QED) is 0.680. The van der Waals surface area contributed by atoms with Gasteiger partial charge in [0.15, 0.2) is 0 Å². The number of phenols is 1. The molecule has 1 amide bonds. The van der Waals surface area contributed by atoms with Crippen molar-refractivity contribution >= 4 is 33.4 Å². The number of aromatic amines is 1. The molecule has 1 aliphatic rings. The first-order chi connectivity index (χ1) is 11.1. The number of phenolic OH excluding ortho intramolecular Hbond substituents is 1. The molecule has 0 atom stereocenters. The summed E-state index contributed by atoms with van der Waals surface area (Å²) in [7, 11) is 0. The zero-order valence-electron chi connectivity index (χ0n) is 13.0. The van der Waals surface area contributed by atoms with Crippen LogP contribution in [0.3, 0.4) is 0 Å². The minimum absolute atomic E-state index is 0.238. The zero-order valence-corrected chi connectivity index (χ0v) is 13.0. The van der Waals surface area contributed by atoms with Crippen molar-refractivity contribution in [2.24, 2.45) is 5.73 Å². The van der Waals surface area contributed by atoms with E-state index in [1.807, 2.05) is 31.2 Å². The number of nitrogens with zero attached hydrogens (tertiary/aromatic N) is 1. The summed E-state index contributed by atoms with van der Waals surface area (Å²) in [5, 5.41) is 12.6. The number of carbonyl (C=O) groups is 1. The Labute approximate surface area is 133 Å². The Morgan fingerprint density at radius 2 is 1.96 bits per heavy atom. The predicted octanol–water partition coefficient (Wildman–Crippen LogP) is 3.03. The minimum Gasteiger partial charge on any atom is -0.505 e. The van der Waals surface area contributed by atoms with E-state index in [9.17, 15) is 9.90 Å². The number of amides is 1. The second-order valence-corrected chi connectivity index (χ2v) is 6.18. The van der Waals surface area contributed by atoms with Crippen molar-refractivity contribution in [3.63, 3.8) is 0 Å². The second-order valence-electron chi connectivity index (χ2n) is 6.18. The Balaban J connectivity index is 2.18. The van der Waals surface area contributed by atoms with Gasteiger partial charge >= 0.3 is 0 Å². The third-order valence-corrected chi connectivity index (χ3v) is 4.82. The summed E-state index contributed by atoms with van der Waals surface area (Å²) >= 11 is 0. The molecule has 0 radical (unpaired) electrons. The number of aromatic hydroxyl groups is 1. The van der Waals surface area contributed by atoms with Gasteiger partial charge in [-0.05, 0) is 31.4 Å². The number of hydrogen-bond donors (Lipinski definition) is 3. The monoisotopic (exact) mass is 309 g/mol. The maximum absolute atomic E-state index is 12.1. The molecule has 4 rings (SSSR count). The molecule has 2 heterocycles. The summed E-state index contributed by atoms with van der Waals surface area (Å²) < 4.78 is 0. The van der Waals surface area contributed by atoms with Gasteiger partial charge in [-0.15, -0.1) is 0 Å². The summed E-state index contributed by atoms with van der Waals surface area (Å²) in [4.78, 5) is 17.5. The van der Waals surface area contributed by atoms with E-state index in [1.165, 1.54) is 0 Å². The van der Waals surface area contributed by atoms with Gasteiger partial charge in [0.05, 0.1) is 22.2 Å². The maximum Gasteiger partial charge on any atom is 0.251 e. The Bertz CT molecular complexity index is 936. The first-order valence-electron chi connectivity index (χ1n) is 7.90. The fourth-order valence-electron chi connectivity index (χ4n) is 3.81. The fourth-order valence-corrected chi connectivity index (χ4v) is 3.81. The standard InChI is InChI=1S/C18H19N3O2/c1-10-13(18(19)23)15-14(11-6-2-3-7-12(11)20-15)17(22)16(10)21-8-4-5-9-21/h2-3,6-7,20,22H,4-5,8-9H2,1H3,(H2,19,23). The molecule has 0 spiro atoms. The number of primary amides is 1. The van der Waals surface area contributed by atoms with Gasteiger partial charge in [0.25, 0.3) is 5.91 Å². The topological polar surface area (TPSA) is 82.3 Å².